The van der Waals surface area contributed by atoms with Gasteiger partial charge < -0.3 is 4.74 Å². The van der Waals surface area contributed by atoms with Gasteiger partial charge in [-0.25, -0.2) is 0 Å². The third-order valence-electron chi connectivity index (χ3n) is 5.03. The van der Waals surface area contributed by atoms with Crippen LogP contribution in [0.1, 0.15) is 45.6 Å². The van der Waals surface area contributed by atoms with Crippen LogP contribution in [-0.4, -0.2) is 26.6 Å². The smallest absolute Gasteiger partial charge is 0.306 e. The molecule has 1 saturated heterocycles. The van der Waals surface area contributed by atoms with Crippen LogP contribution in [0.4, 0.5) is 0 Å². The summed E-state index contributed by atoms with van der Waals surface area (Å²) in [6, 6.07) is 6.55. The van der Waals surface area contributed by atoms with Gasteiger partial charge in [-0.3, -0.25) is 8.98 Å². The van der Waals surface area contributed by atoms with Gasteiger partial charge in [-0.05, 0) is 37.3 Å². The summed E-state index contributed by atoms with van der Waals surface area (Å²) in [6.45, 7) is 8.03. The van der Waals surface area contributed by atoms with E-state index in [2.05, 4.69) is 13.8 Å². The second kappa shape index (κ2) is 5.56. The third-order valence-corrected chi connectivity index (χ3v) is 6.38. The minimum Gasteiger partial charge on any atom is -0.459 e. The van der Waals surface area contributed by atoms with E-state index in [1.165, 1.54) is 0 Å². The van der Waals surface area contributed by atoms with Gasteiger partial charge in [-0.15, -0.1) is 0 Å². The minimum atomic E-state index is -3.90. The summed E-state index contributed by atoms with van der Waals surface area (Å²) in [5.74, 6) is -0.276. The van der Waals surface area contributed by atoms with E-state index in [0.29, 0.717) is 12.8 Å². The van der Waals surface area contributed by atoms with Crippen molar-refractivity contribution >= 4 is 16.1 Å². The van der Waals surface area contributed by atoms with Gasteiger partial charge in [-0.2, -0.15) is 8.42 Å². The summed E-state index contributed by atoms with van der Waals surface area (Å²) in [5.41, 5.74) is 0.476. The van der Waals surface area contributed by atoms with Crippen LogP contribution < -0.4 is 0 Å². The fourth-order valence-electron chi connectivity index (χ4n) is 4.27. The molecule has 24 heavy (non-hydrogen) atoms. The highest BCUT2D eigenvalue weighted by Gasteiger charge is 2.57. The first-order chi connectivity index (χ1) is 11.0. The molecule has 6 heteroatoms. The van der Waals surface area contributed by atoms with Crippen LogP contribution >= 0.6 is 0 Å². The zero-order chi connectivity index (χ0) is 17.8. The van der Waals surface area contributed by atoms with Crippen LogP contribution in [0, 0.1) is 17.8 Å². The van der Waals surface area contributed by atoms with E-state index >= 15 is 0 Å². The highest BCUT2D eigenvalue weighted by molar-refractivity contribution is 7.86. The highest BCUT2D eigenvalue weighted by Crippen LogP contribution is 2.53. The number of benzene rings is 1. The van der Waals surface area contributed by atoms with Crippen molar-refractivity contribution in [2.24, 2.45) is 10.8 Å². The molecule has 0 unspecified atom stereocenters. The van der Waals surface area contributed by atoms with Gasteiger partial charge in [0.25, 0.3) is 10.1 Å². The Labute approximate surface area is 143 Å². The van der Waals surface area contributed by atoms with Crippen molar-refractivity contribution < 1.29 is 22.1 Å². The van der Waals surface area contributed by atoms with Crippen molar-refractivity contribution in [3.05, 3.63) is 29.8 Å². The van der Waals surface area contributed by atoms with E-state index in [4.69, 9.17) is 8.92 Å². The van der Waals surface area contributed by atoms with Crippen LogP contribution in [0.2, 0.25) is 0 Å². The minimum absolute atomic E-state index is 0.118. The number of carbonyl (C=O) groups excluding carboxylic acids is 1. The molecule has 0 aromatic heterocycles. The predicted octanol–water partition coefficient (Wildman–Crippen LogP) is 3.21. The van der Waals surface area contributed by atoms with Gasteiger partial charge in [0.15, 0.2) is 0 Å². The number of carbonyl (C=O) groups is 1. The molecule has 1 aliphatic carbocycles. The number of hydrogen-bond acceptors (Lipinski definition) is 5. The molecule has 1 aliphatic heterocycles. The molecule has 3 atom stereocenters. The van der Waals surface area contributed by atoms with E-state index in [9.17, 15) is 13.2 Å². The number of hydrogen-bond donors (Lipinski definition) is 0. The highest BCUT2D eigenvalue weighted by atomic mass is 32.2. The zero-order valence-corrected chi connectivity index (χ0v) is 15.4. The Balaban J connectivity index is 1.90. The Morgan fingerprint density at radius 3 is 2.42 bits per heavy atom. The first-order valence-electron chi connectivity index (χ1n) is 8.20. The maximum Gasteiger partial charge on any atom is 0.306 e. The van der Waals surface area contributed by atoms with Crippen molar-refractivity contribution in [2.75, 3.05) is 0 Å². The van der Waals surface area contributed by atoms with Gasteiger partial charge in [0.05, 0.1) is 11.3 Å². The number of rotatable bonds is 3. The molecule has 2 fully saturated rings. The molecule has 132 valence electrons. The maximum atomic E-state index is 12.6. The van der Waals surface area contributed by atoms with Crippen LogP contribution in [0.3, 0.4) is 0 Å². The monoisotopic (exact) mass is 352 g/mol. The molecule has 1 aromatic carbocycles. The molecule has 5 nitrogen and oxygen atoms in total. The summed E-state index contributed by atoms with van der Waals surface area (Å²) in [6.07, 6.45) is 0.479. The number of ether oxygens (including phenoxy) is 1. The summed E-state index contributed by atoms with van der Waals surface area (Å²) >= 11 is 0. The van der Waals surface area contributed by atoms with E-state index in [1.807, 2.05) is 13.8 Å². The second-order valence-electron chi connectivity index (χ2n) is 8.19. The average Bonchev–Trinajstić information content (AvgIpc) is 2.71. The standard InChI is InChI=1S/C18H24O5S/c1-12-5-7-13(8-6-12)24(20,21)23-14-9-17(2,3)11-18(4)10-15(19)22-16(14)18/h5-8,14,16H,9-11H2,1-4H3/t14-,16+,18-/m1/s1. The van der Waals surface area contributed by atoms with Crippen molar-refractivity contribution in [1.29, 1.82) is 0 Å². The SMILES string of the molecule is Cc1ccc(S(=O)(=O)O[C@@H]2CC(C)(C)C[C@@]3(C)CC(=O)O[C@@H]23)cc1. The quantitative estimate of drug-likeness (QED) is 0.617. The number of esters is 1. The van der Waals surface area contributed by atoms with E-state index < -0.39 is 22.3 Å². The van der Waals surface area contributed by atoms with Crippen molar-refractivity contribution in [2.45, 2.75) is 64.1 Å². The van der Waals surface area contributed by atoms with Crippen LogP contribution in [0.5, 0.6) is 0 Å². The largest absolute Gasteiger partial charge is 0.459 e. The molecule has 1 saturated carbocycles. The lowest BCUT2D eigenvalue weighted by molar-refractivity contribution is -0.150. The van der Waals surface area contributed by atoms with Crippen LogP contribution in [0.25, 0.3) is 0 Å². The first kappa shape index (κ1) is 17.4. The molecular formula is C18H24O5S. The lowest BCUT2D eigenvalue weighted by atomic mass is 9.61. The normalized spacial score (nSPS) is 32.2. The van der Waals surface area contributed by atoms with Gasteiger partial charge in [0.1, 0.15) is 12.2 Å². The molecular weight excluding hydrogens is 328 g/mol. The summed E-state index contributed by atoms with van der Waals surface area (Å²) in [5, 5.41) is 0. The van der Waals surface area contributed by atoms with Crippen molar-refractivity contribution in [3.8, 4) is 0 Å². The third kappa shape index (κ3) is 3.22. The topological polar surface area (TPSA) is 69.7 Å². The van der Waals surface area contributed by atoms with Crippen molar-refractivity contribution in [1.82, 2.24) is 0 Å². The molecule has 1 aromatic rings. The summed E-state index contributed by atoms with van der Waals surface area (Å²) < 4.78 is 36.3. The molecule has 0 N–H and O–H groups in total. The van der Waals surface area contributed by atoms with Crippen LogP contribution in [-0.2, 0) is 23.8 Å². The number of aryl methyl sites for hydroxylation is 1. The summed E-state index contributed by atoms with van der Waals surface area (Å²) in [4.78, 5) is 11.9. The van der Waals surface area contributed by atoms with Gasteiger partial charge >= 0.3 is 5.97 Å². The van der Waals surface area contributed by atoms with E-state index in [0.717, 1.165) is 12.0 Å². The lowest BCUT2D eigenvalue weighted by Crippen LogP contribution is -2.50. The number of fused-ring (bicyclic) bond motifs is 1. The molecule has 2 aliphatic rings. The molecule has 1 heterocycles. The van der Waals surface area contributed by atoms with Gasteiger partial charge in [-0.1, -0.05) is 38.5 Å². The van der Waals surface area contributed by atoms with Gasteiger partial charge in [0, 0.05) is 5.41 Å². The molecule has 0 amide bonds. The van der Waals surface area contributed by atoms with Crippen molar-refractivity contribution in [3.63, 3.8) is 0 Å². The summed E-state index contributed by atoms with van der Waals surface area (Å²) in [7, 11) is -3.90. The predicted molar refractivity (Wildman–Crippen MR) is 88.9 cm³/mol. The Bertz CT molecular complexity index is 750. The van der Waals surface area contributed by atoms with Gasteiger partial charge in [0.2, 0.25) is 0 Å². The van der Waals surface area contributed by atoms with Crippen LogP contribution in [0.15, 0.2) is 29.2 Å². The fraction of sp³-hybridized carbons (Fsp3) is 0.611. The maximum absolute atomic E-state index is 12.6. The second-order valence-corrected chi connectivity index (χ2v) is 9.76. The Morgan fingerprint density at radius 1 is 1.17 bits per heavy atom. The fourth-order valence-corrected chi connectivity index (χ4v) is 5.34. The first-order valence-corrected chi connectivity index (χ1v) is 9.61. The Morgan fingerprint density at radius 2 is 1.79 bits per heavy atom. The zero-order valence-electron chi connectivity index (χ0n) is 14.5. The Hall–Kier alpha value is -1.40. The Kier molecular flexibility index (Phi) is 4.04. The average molecular weight is 352 g/mol. The van der Waals surface area contributed by atoms with E-state index in [1.54, 1.807) is 24.3 Å². The molecule has 3 rings (SSSR count). The van der Waals surface area contributed by atoms with E-state index in [-0.39, 0.29) is 21.7 Å². The molecule has 0 bridgehead atoms. The lowest BCUT2D eigenvalue weighted by Gasteiger charge is -2.46. The molecule has 0 spiro atoms. The molecule has 0 radical (unpaired) electrons.